The highest BCUT2D eigenvalue weighted by molar-refractivity contribution is 5.65. The number of anilines is 1. The molecule has 1 saturated heterocycles. The Labute approximate surface area is 107 Å². The molecule has 0 aromatic carbocycles. The molecule has 1 aromatic heterocycles. The van der Waals surface area contributed by atoms with E-state index in [0.717, 1.165) is 12.3 Å². The average Bonchev–Trinajstić information content (AvgIpc) is 2.75. The lowest BCUT2D eigenvalue weighted by atomic mass is 10.3. The van der Waals surface area contributed by atoms with Gasteiger partial charge < -0.3 is 15.3 Å². The third kappa shape index (κ3) is 3.27. The van der Waals surface area contributed by atoms with Gasteiger partial charge in [-0.05, 0) is 18.6 Å². The minimum absolute atomic E-state index is 0.209. The molecule has 2 rings (SSSR count). The van der Waals surface area contributed by atoms with Crippen molar-refractivity contribution in [3.8, 4) is 0 Å². The molecule has 0 aliphatic carbocycles. The van der Waals surface area contributed by atoms with E-state index < -0.39 is 18.0 Å². The average molecular weight is 275 g/mol. The van der Waals surface area contributed by atoms with Crippen molar-refractivity contribution < 1.29 is 23.1 Å². The van der Waals surface area contributed by atoms with Gasteiger partial charge in [-0.3, -0.25) is 0 Å². The molecule has 0 radical (unpaired) electrons. The van der Waals surface area contributed by atoms with E-state index in [0.29, 0.717) is 25.2 Å². The van der Waals surface area contributed by atoms with Crippen LogP contribution in [0, 0.1) is 0 Å². The van der Waals surface area contributed by atoms with Crippen LogP contribution in [0.25, 0.3) is 0 Å². The van der Waals surface area contributed by atoms with Crippen molar-refractivity contribution in [1.29, 1.82) is 0 Å². The Kier molecular flexibility index (Phi) is 3.50. The van der Waals surface area contributed by atoms with E-state index in [1.54, 1.807) is 4.90 Å². The van der Waals surface area contributed by atoms with Crippen LogP contribution in [-0.2, 0) is 6.18 Å². The fraction of sp³-hybridized carbons (Fsp3) is 0.455. The monoisotopic (exact) mass is 275 g/mol. The van der Waals surface area contributed by atoms with Gasteiger partial charge in [0.25, 0.3) is 0 Å². The molecule has 0 unspecified atom stereocenters. The number of amides is 1. The van der Waals surface area contributed by atoms with E-state index in [1.165, 1.54) is 6.07 Å². The van der Waals surface area contributed by atoms with E-state index in [9.17, 15) is 18.0 Å². The van der Waals surface area contributed by atoms with Crippen molar-refractivity contribution in [2.24, 2.45) is 0 Å². The summed E-state index contributed by atoms with van der Waals surface area (Å²) in [6.07, 6.45) is -3.77. The first kappa shape index (κ1) is 13.4. The molecular formula is C11H12F3N3O2. The maximum Gasteiger partial charge on any atom is 0.433 e. The Hall–Kier alpha value is -1.99. The molecule has 1 aliphatic heterocycles. The summed E-state index contributed by atoms with van der Waals surface area (Å²) in [4.78, 5) is 15.7. The summed E-state index contributed by atoms with van der Waals surface area (Å²) >= 11 is 0. The number of nitrogens with one attached hydrogen (secondary N) is 1. The van der Waals surface area contributed by atoms with Crippen LogP contribution in [0.1, 0.15) is 12.1 Å². The van der Waals surface area contributed by atoms with Gasteiger partial charge in [-0.15, -0.1) is 0 Å². The molecule has 0 spiro atoms. The van der Waals surface area contributed by atoms with Crippen LogP contribution in [0.5, 0.6) is 0 Å². The second-order valence-electron chi connectivity index (χ2n) is 4.28. The van der Waals surface area contributed by atoms with E-state index in [1.807, 2.05) is 0 Å². The zero-order valence-electron chi connectivity index (χ0n) is 9.81. The van der Waals surface area contributed by atoms with Crippen molar-refractivity contribution in [3.63, 3.8) is 0 Å². The maximum atomic E-state index is 12.4. The molecule has 0 bridgehead atoms. The molecule has 2 heterocycles. The molecule has 1 fully saturated rings. The van der Waals surface area contributed by atoms with E-state index in [4.69, 9.17) is 5.11 Å². The minimum Gasteiger partial charge on any atom is -0.465 e. The second kappa shape index (κ2) is 4.94. The number of carbonyl (C=O) groups is 1. The third-order valence-electron chi connectivity index (χ3n) is 2.92. The number of hydrogen-bond donors (Lipinski definition) is 2. The van der Waals surface area contributed by atoms with E-state index >= 15 is 0 Å². The molecule has 1 aliphatic rings. The molecule has 2 N–H and O–H groups in total. The summed E-state index contributed by atoms with van der Waals surface area (Å²) in [7, 11) is 0. The lowest BCUT2D eigenvalue weighted by Gasteiger charge is -2.18. The first-order chi connectivity index (χ1) is 8.86. The van der Waals surface area contributed by atoms with Gasteiger partial charge in [0.15, 0.2) is 0 Å². The van der Waals surface area contributed by atoms with Gasteiger partial charge in [-0.25, -0.2) is 9.78 Å². The smallest absolute Gasteiger partial charge is 0.433 e. The van der Waals surface area contributed by atoms with Crippen LogP contribution >= 0.6 is 0 Å². The SMILES string of the molecule is O=C(O)N[C@@H]1CCN(c2ccc(C(F)(F)F)nc2)C1. The van der Waals surface area contributed by atoms with Crippen LogP contribution in [0.4, 0.5) is 23.7 Å². The van der Waals surface area contributed by atoms with Gasteiger partial charge in [0.1, 0.15) is 5.69 Å². The number of pyridine rings is 1. The van der Waals surface area contributed by atoms with Crippen molar-refractivity contribution >= 4 is 11.8 Å². The topological polar surface area (TPSA) is 65.5 Å². The normalized spacial score (nSPS) is 19.5. The molecular weight excluding hydrogens is 263 g/mol. The predicted molar refractivity (Wildman–Crippen MR) is 61.0 cm³/mol. The summed E-state index contributed by atoms with van der Waals surface area (Å²) in [5.41, 5.74) is -0.377. The van der Waals surface area contributed by atoms with E-state index in [2.05, 4.69) is 10.3 Å². The number of alkyl halides is 3. The zero-order valence-corrected chi connectivity index (χ0v) is 9.81. The Morgan fingerprint density at radius 1 is 1.47 bits per heavy atom. The highest BCUT2D eigenvalue weighted by atomic mass is 19.4. The molecule has 1 aromatic rings. The van der Waals surface area contributed by atoms with Crippen molar-refractivity contribution in [2.75, 3.05) is 18.0 Å². The van der Waals surface area contributed by atoms with Crippen molar-refractivity contribution in [3.05, 3.63) is 24.0 Å². The van der Waals surface area contributed by atoms with E-state index in [-0.39, 0.29) is 6.04 Å². The lowest BCUT2D eigenvalue weighted by Crippen LogP contribution is -2.36. The first-order valence-corrected chi connectivity index (χ1v) is 5.64. The Bertz CT molecular complexity index is 461. The number of rotatable bonds is 2. The molecule has 5 nitrogen and oxygen atoms in total. The highest BCUT2D eigenvalue weighted by Gasteiger charge is 2.32. The molecule has 1 amide bonds. The predicted octanol–water partition coefficient (Wildman–Crippen LogP) is 1.95. The number of hydrogen-bond acceptors (Lipinski definition) is 3. The number of nitrogens with zero attached hydrogens (tertiary/aromatic N) is 2. The number of carboxylic acid groups (broad SMARTS) is 1. The molecule has 8 heteroatoms. The Morgan fingerprint density at radius 2 is 2.21 bits per heavy atom. The number of halogens is 3. The van der Waals surface area contributed by atoms with Gasteiger partial charge in [0.05, 0.1) is 17.9 Å². The lowest BCUT2D eigenvalue weighted by molar-refractivity contribution is -0.141. The summed E-state index contributed by atoms with van der Waals surface area (Å²) in [6, 6.07) is 2.06. The summed E-state index contributed by atoms with van der Waals surface area (Å²) in [5.74, 6) is 0. The summed E-state index contributed by atoms with van der Waals surface area (Å²) < 4.78 is 37.1. The standard InChI is InChI=1S/C11H12F3N3O2/c12-11(13,14)9-2-1-8(5-15-9)17-4-3-7(6-17)16-10(18)19/h1-2,5,7,16H,3-4,6H2,(H,18,19)/t7-/m1/s1. The molecule has 104 valence electrons. The van der Waals surface area contributed by atoms with Crippen LogP contribution < -0.4 is 10.2 Å². The maximum absolute atomic E-state index is 12.4. The van der Waals surface area contributed by atoms with Crippen LogP contribution in [0.2, 0.25) is 0 Å². The first-order valence-electron chi connectivity index (χ1n) is 5.64. The minimum atomic E-state index is -4.45. The quantitative estimate of drug-likeness (QED) is 0.865. The molecule has 0 saturated carbocycles. The van der Waals surface area contributed by atoms with Crippen LogP contribution in [-0.4, -0.2) is 35.3 Å². The summed E-state index contributed by atoms with van der Waals surface area (Å²) in [5, 5.41) is 10.9. The Morgan fingerprint density at radius 3 is 2.74 bits per heavy atom. The highest BCUT2D eigenvalue weighted by Crippen LogP contribution is 2.29. The molecule has 19 heavy (non-hydrogen) atoms. The van der Waals surface area contributed by atoms with Gasteiger partial charge in [-0.1, -0.05) is 0 Å². The largest absolute Gasteiger partial charge is 0.465 e. The molecule has 1 atom stereocenters. The van der Waals surface area contributed by atoms with Gasteiger partial charge in [0.2, 0.25) is 0 Å². The third-order valence-corrected chi connectivity index (χ3v) is 2.92. The fourth-order valence-electron chi connectivity index (χ4n) is 2.03. The number of aromatic nitrogens is 1. The van der Waals surface area contributed by atoms with Crippen LogP contribution in [0.15, 0.2) is 18.3 Å². The van der Waals surface area contributed by atoms with Gasteiger partial charge in [0, 0.05) is 13.1 Å². The van der Waals surface area contributed by atoms with Crippen molar-refractivity contribution in [1.82, 2.24) is 10.3 Å². The fourth-order valence-corrected chi connectivity index (χ4v) is 2.03. The summed E-state index contributed by atoms with van der Waals surface area (Å²) in [6.45, 7) is 1.01. The second-order valence-corrected chi connectivity index (χ2v) is 4.28. The van der Waals surface area contributed by atoms with Gasteiger partial charge in [-0.2, -0.15) is 13.2 Å². The van der Waals surface area contributed by atoms with Crippen molar-refractivity contribution in [2.45, 2.75) is 18.6 Å². The van der Waals surface area contributed by atoms with Crippen LogP contribution in [0.3, 0.4) is 0 Å². The zero-order chi connectivity index (χ0) is 14.0. The van der Waals surface area contributed by atoms with Gasteiger partial charge >= 0.3 is 12.3 Å². The Balaban J connectivity index is 2.02.